The van der Waals surface area contributed by atoms with Gasteiger partial charge in [0.2, 0.25) is 0 Å². The number of benzene rings is 3. The number of anilines is 1. The van der Waals surface area contributed by atoms with E-state index in [-0.39, 0.29) is 17.4 Å². The topological polar surface area (TPSA) is 66.9 Å². The van der Waals surface area contributed by atoms with E-state index in [1.807, 2.05) is 35.2 Å². The highest BCUT2D eigenvalue weighted by Gasteiger charge is 2.38. The van der Waals surface area contributed by atoms with Gasteiger partial charge in [0.1, 0.15) is 18.4 Å². The quantitative estimate of drug-likeness (QED) is 0.567. The first-order valence-corrected chi connectivity index (χ1v) is 12.7. The molecule has 1 amide bonds. The predicted molar refractivity (Wildman–Crippen MR) is 127 cm³/mol. The molecule has 0 aliphatic carbocycles. The van der Waals surface area contributed by atoms with E-state index in [1.54, 1.807) is 48.5 Å². The molecule has 3 aromatic carbocycles. The highest BCUT2D eigenvalue weighted by atomic mass is 32.2. The van der Waals surface area contributed by atoms with Gasteiger partial charge in [0, 0.05) is 18.7 Å². The first kappa shape index (κ1) is 21.5. The van der Waals surface area contributed by atoms with Crippen molar-refractivity contribution in [3.8, 4) is 5.75 Å². The minimum Gasteiger partial charge on any atom is -0.489 e. The number of likely N-dealkylation sites (tertiary alicyclic amines) is 1. The standard InChI is InChI=1S/C26H26N2O4S/c29-26(27-16-8-3-9-17-27)21-14-15-23-25(18-21)32-19-24(20-10-4-1-5-11-20)28(23)33(30,31)22-12-6-2-7-13-22/h1-2,4-7,10-15,18,24H,3,8-9,16-17,19H2. The molecule has 0 radical (unpaired) electrons. The normalized spacial score (nSPS) is 18.4. The van der Waals surface area contributed by atoms with Crippen molar-refractivity contribution < 1.29 is 17.9 Å². The summed E-state index contributed by atoms with van der Waals surface area (Å²) in [5, 5.41) is 0. The first-order chi connectivity index (χ1) is 16.1. The molecule has 0 spiro atoms. The lowest BCUT2D eigenvalue weighted by atomic mass is 10.0. The molecule has 2 aliphatic heterocycles. The zero-order chi connectivity index (χ0) is 22.8. The van der Waals surface area contributed by atoms with Crippen molar-refractivity contribution in [2.45, 2.75) is 30.2 Å². The molecule has 33 heavy (non-hydrogen) atoms. The molecule has 0 bridgehead atoms. The van der Waals surface area contributed by atoms with E-state index in [2.05, 4.69) is 0 Å². The second-order valence-corrected chi connectivity index (χ2v) is 10.2. The molecule has 1 saturated heterocycles. The zero-order valence-corrected chi connectivity index (χ0v) is 19.1. The summed E-state index contributed by atoms with van der Waals surface area (Å²) in [7, 11) is -3.87. The third-order valence-corrected chi connectivity index (χ3v) is 8.09. The van der Waals surface area contributed by atoms with Gasteiger partial charge in [-0.15, -0.1) is 0 Å². The van der Waals surface area contributed by atoms with Crippen LogP contribution in [0.1, 0.15) is 41.2 Å². The Balaban J connectivity index is 1.57. The van der Waals surface area contributed by atoms with Crippen LogP contribution in [0.4, 0.5) is 5.69 Å². The van der Waals surface area contributed by atoms with E-state index in [9.17, 15) is 13.2 Å². The van der Waals surface area contributed by atoms with Gasteiger partial charge in [-0.05, 0) is 55.2 Å². The fraction of sp³-hybridized carbons (Fsp3) is 0.269. The van der Waals surface area contributed by atoms with Gasteiger partial charge in [0.15, 0.2) is 0 Å². The van der Waals surface area contributed by atoms with E-state index < -0.39 is 16.1 Å². The summed E-state index contributed by atoms with van der Waals surface area (Å²) in [4.78, 5) is 15.1. The molecular weight excluding hydrogens is 436 g/mol. The van der Waals surface area contributed by atoms with Gasteiger partial charge in [-0.1, -0.05) is 48.5 Å². The minimum absolute atomic E-state index is 0.0382. The Morgan fingerprint density at radius 2 is 1.52 bits per heavy atom. The molecule has 3 aromatic rings. The van der Waals surface area contributed by atoms with E-state index in [4.69, 9.17) is 4.74 Å². The average molecular weight is 463 g/mol. The van der Waals surface area contributed by atoms with Crippen molar-refractivity contribution in [2.75, 3.05) is 24.0 Å². The lowest BCUT2D eigenvalue weighted by molar-refractivity contribution is 0.0724. The maximum absolute atomic E-state index is 13.8. The van der Waals surface area contributed by atoms with Crippen molar-refractivity contribution in [3.63, 3.8) is 0 Å². The van der Waals surface area contributed by atoms with E-state index in [1.165, 1.54) is 4.31 Å². The lowest BCUT2D eigenvalue weighted by Crippen LogP contribution is -2.41. The monoisotopic (exact) mass is 462 g/mol. The van der Waals surface area contributed by atoms with Crippen molar-refractivity contribution in [1.29, 1.82) is 0 Å². The maximum Gasteiger partial charge on any atom is 0.265 e. The van der Waals surface area contributed by atoms with Crippen LogP contribution in [-0.2, 0) is 10.0 Å². The molecule has 1 atom stereocenters. The van der Waals surface area contributed by atoms with E-state index in [0.717, 1.165) is 37.9 Å². The second-order valence-electron chi connectivity index (χ2n) is 8.39. The van der Waals surface area contributed by atoms with Crippen LogP contribution in [0.5, 0.6) is 5.75 Å². The number of sulfonamides is 1. The molecule has 7 heteroatoms. The minimum atomic E-state index is -3.87. The summed E-state index contributed by atoms with van der Waals surface area (Å²) in [5.41, 5.74) is 1.80. The van der Waals surface area contributed by atoms with Crippen LogP contribution in [0.3, 0.4) is 0 Å². The second kappa shape index (κ2) is 8.90. The van der Waals surface area contributed by atoms with Crippen LogP contribution in [0, 0.1) is 0 Å². The van der Waals surface area contributed by atoms with Gasteiger partial charge in [0.05, 0.1) is 10.6 Å². The Morgan fingerprint density at radius 1 is 0.848 bits per heavy atom. The molecular formula is C26H26N2O4S. The molecule has 170 valence electrons. The number of rotatable bonds is 4. The molecule has 0 N–H and O–H groups in total. The molecule has 0 saturated carbocycles. The highest BCUT2D eigenvalue weighted by Crippen LogP contribution is 2.43. The smallest absolute Gasteiger partial charge is 0.265 e. The van der Waals surface area contributed by atoms with Gasteiger partial charge >= 0.3 is 0 Å². The van der Waals surface area contributed by atoms with Crippen molar-refractivity contribution in [2.24, 2.45) is 0 Å². The molecule has 1 unspecified atom stereocenters. The van der Waals surface area contributed by atoms with Gasteiger partial charge in [0.25, 0.3) is 15.9 Å². The number of piperidine rings is 1. The summed E-state index contributed by atoms with van der Waals surface area (Å²) in [6.07, 6.45) is 3.16. The van der Waals surface area contributed by atoms with E-state index >= 15 is 0 Å². The zero-order valence-electron chi connectivity index (χ0n) is 18.3. The number of carbonyl (C=O) groups is 1. The molecule has 6 nitrogen and oxygen atoms in total. The van der Waals surface area contributed by atoms with Crippen LogP contribution >= 0.6 is 0 Å². The first-order valence-electron chi connectivity index (χ1n) is 11.3. The van der Waals surface area contributed by atoms with Crippen LogP contribution in [0.25, 0.3) is 0 Å². The van der Waals surface area contributed by atoms with Gasteiger partial charge < -0.3 is 9.64 Å². The third kappa shape index (κ3) is 4.09. The van der Waals surface area contributed by atoms with Gasteiger partial charge in [-0.3, -0.25) is 9.10 Å². The van der Waals surface area contributed by atoms with E-state index in [0.29, 0.717) is 17.0 Å². The molecule has 1 fully saturated rings. The Labute approximate surface area is 194 Å². The Hall–Kier alpha value is -3.32. The van der Waals surface area contributed by atoms with Crippen LogP contribution < -0.4 is 9.04 Å². The molecule has 2 aliphatic rings. The number of hydrogen-bond donors (Lipinski definition) is 0. The maximum atomic E-state index is 13.8. The van der Waals surface area contributed by atoms with Gasteiger partial charge in [-0.25, -0.2) is 8.42 Å². The lowest BCUT2D eigenvalue weighted by Gasteiger charge is -2.38. The summed E-state index contributed by atoms with van der Waals surface area (Å²) >= 11 is 0. The highest BCUT2D eigenvalue weighted by molar-refractivity contribution is 7.92. The fourth-order valence-electron chi connectivity index (χ4n) is 4.54. The largest absolute Gasteiger partial charge is 0.489 e. The third-order valence-electron chi connectivity index (χ3n) is 6.25. The summed E-state index contributed by atoms with van der Waals surface area (Å²) in [5.74, 6) is 0.369. The summed E-state index contributed by atoms with van der Waals surface area (Å²) < 4.78 is 35.1. The fourth-order valence-corrected chi connectivity index (χ4v) is 6.19. The number of amides is 1. The molecule has 2 heterocycles. The van der Waals surface area contributed by atoms with Gasteiger partial charge in [-0.2, -0.15) is 0 Å². The average Bonchev–Trinajstić information content (AvgIpc) is 2.88. The van der Waals surface area contributed by atoms with Crippen LogP contribution in [0.2, 0.25) is 0 Å². The Morgan fingerprint density at radius 3 is 2.21 bits per heavy atom. The van der Waals surface area contributed by atoms with Crippen molar-refractivity contribution in [3.05, 3.63) is 90.0 Å². The van der Waals surface area contributed by atoms with Crippen LogP contribution in [0.15, 0.2) is 83.8 Å². The number of fused-ring (bicyclic) bond motifs is 1. The Bertz CT molecular complexity index is 1240. The SMILES string of the molecule is O=C(c1ccc2c(c1)OCC(c1ccccc1)N2S(=O)(=O)c1ccccc1)N1CCCCC1. The molecule has 5 rings (SSSR count). The number of ether oxygens (including phenoxy) is 1. The van der Waals surface area contributed by atoms with Crippen LogP contribution in [-0.4, -0.2) is 38.9 Å². The molecule has 0 aromatic heterocycles. The Kier molecular flexibility index (Phi) is 5.81. The van der Waals surface area contributed by atoms with Crippen molar-refractivity contribution >= 4 is 21.6 Å². The van der Waals surface area contributed by atoms with Crippen molar-refractivity contribution in [1.82, 2.24) is 4.90 Å². The number of carbonyl (C=O) groups excluding carboxylic acids is 1. The predicted octanol–water partition coefficient (Wildman–Crippen LogP) is 4.64. The number of nitrogens with zero attached hydrogens (tertiary/aromatic N) is 2. The summed E-state index contributed by atoms with van der Waals surface area (Å²) in [6, 6.07) is 22.5. The summed E-state index contributed by atoms with van der Waals surface area (Å²) in [6.45, 7) is 1.66. The number of hydrogen-bond acceptors (Lipinski definition) is 4.